The molecule has 0 heterocycles. The Morgan fingerprint density at radius 2 is 1.78 bits per heavy atom. The van der Waals surface area contributed by atoms with Gasteiger partial charge < -0.3 is 10.1 Å². The molecule has 0 aromatic heterocycles. The molecule has 3 nitrogen and oxygen atoms in total. The van der Waals surface area contributed by atoms with Crippen LogP contribution in [0.1, 0.15) is 6.92 Å². The maximum atomic E-state index is 13.2. The van der Waals surface area contributed by atoms with E-state index in [2.05, 4.69) is 4.74 Å². The molecule has 0 aliphatic heterocycles. The van der Waals surface area contributed by atoms with Crippen molar-refractivity contribution in [1.82, 2.24) is 0 Å². The van der Waals surface area contributed by atoms with Gasteiger partial charge in [0.2, 0.25) is 17.5 Å². The largest absolute Gasteiger partial charge is 0.573 e. The molecule has 0 saturated heterocycles. The van der Waals surface area contributed by atoms with Crippen LogP contribution in [0, 0.1) is 17.5 Å². The van der Waals surface area contributed by atoms with Crippen molar-refractivity contribution in [2.75, 3.05) is 5.32 Å². The number of ether oxygens (including phenoxy) is 1. The first-order chi connectivity index (χ1) is 8.11. The molecule has 0 radical (unpaired) electrons. The van der Waals surface area contributed by atoms with Crippen LogP contribution in [0.25, 0.3) is 0 Å². The summed E-state index contributed by atoms with van der Waals surface area (Å²) >= 11 is 0. The predicted octanol–water partition coefficient (Wildman–Crippen LogP) is 2.96. The molecule has 0 saturated carbocycles. The van der Waals surface area contributed by atoms with Gasteiger partial charge in [0, 0.05) is 13.0 Å². The molecule has 1 aromatic rings. The Balaban J connectivity index is 3.24. The Hall–Kier alpha value is -1.93. The summed E-state index contributed by atoms with van der Waals surface area (Å²) in [5.74, 6) is -8.61. The van der Waals surface area contributed by atoms with Gasteiger partial charge >= 0.3 is 6.36 Å². The van der Waals surface area contributed by atoms with E-state index in [0.717, 1.165) is 6.92 Å². The lowest BCUT2D eigenvalue weighted by Crippen LogP contribution is -2.20. The monoisotopic (exact) mass is 273 g/mol. The maximum absolute atomic E-state index is 13.2. The topological polar surface area (TPSA) is 38.3 Å². The minimum Gasteiger partial charge on any atom is -0.399 e. The van der Waals surface area contributed by atoms with Crippen LogP contribution in [0.3, 0.4) is 0 Å². The molecule has 0 aliphatic carbocycles. The number of benzene rings is 1. The second kappa shape index (κ2) is 4.75. The summed E-state index contributed by atoms with van der Waals surface area (Å²) in [5.41, 5.74) is -0.924. The fourth-order valence-electron chi connectivity index (χ4n) is 1.07. The quantitative estimate of drug-likeness (QED) is 0.664. The molecule has 1 amide bonds. The third-order valence-electron chi connectivity index (χ3n) is 1.64. The normalized spacial score (nSPS) is 11.3. The molecule has 0 spiro atoms. The number of hydrogen-bond donors (Lipinski definition) is 1. The molecule has 0 fully saturated rings. The van der Waals surface area contributed by atoms with Crippen LogP contribution in [0.2, 0.25) is 0 Å². The van der Waals surface area contributed by atoms with Crippen LogP contribution >= 0.6 is 0 Å². The molecule has 0 atom stereocenters. The van der Waals surface area contributed by atoms with Crippen LogP contribution in [-0.2, 0) is 4.79 Å². The smallest absolute Gasteiger partial charge is 0.399 e. The van der Waals surface area contributed by atoms with Gasteiger partial charge in [-0.1, -0.05) is 0 Å². The molecule has 18 heavy (non-hydrogen) atoms. The van der Waals surface area contributed by atoms with Gasteiger partial charge in [-0.05, 0) is 0 Å². The summed E-state index contributed by atoms with van der Waals surface area (Å²) in [4.78, 5) is 10.6. The fraction of sp³-hybridized carbons (Fsp3) is 0.222. The third-order valence-corrected chi connectivity index (χ3v) is 1.64. The van der Waals surface area contributed by atoms with E-state index in [4.69, 9.17) is 0 Å². The highest BCUT2D eigenvalue weighted by Gasteiger charge is 2.35. The van der Waals surface area contributed by atoms with Gasteiger partial charge in [0.1, 0.15) is 0 Å². The summed E-state index contributed by atoms with van der Waals surface area (Å²) in [6.07, 6.45) is -5.37. The number of carbonyl (C=O) groups is 1. The van der Waals surface area contributed by atoms with Crippen molar-refractivity contribution in [3.05, 3.63) is 23.5 Å². The molecule has 9 heteroatoms. The number of halogens is 6. The summed E-state index contributed by atoms with van der Waals surface area (Å²) in [6.45, 7) is 0.926. The van der Waals surface area contributed by atoms with Crippen LogP contribution in [0.5, 0.6) is 5.75 Å². The molecule has 1 aromatic carbocycles. The van der Waals surface area contributed by atoms with Crippen LogP contribution in [0.15, 0.2) is 6.07 Å². The van der Waals surface area contributed by atoms with E-state index in [1.807, 2.05) is 0 Å². The molecule has 0 unspecified atom stereocenters. The minimum atomic E-state index is -5.37. The fourth-order valence-corrected chi connectivity index (χ4v) is 1.07. The van der Waals surface area contributed by atoms with Gasteiger partial charge in [-0.15, -0.1) is 13.2 Å². The second-order valence-electron chi connectivity index (χ2n) is 3.09. The highest BCUT2D eigenvalue weighted by molar-refractivity contribution is 5.88. The Morgan fingerprint density at radius 1 is 1.22 bits per heavy atom. The first kappa shape index (κ1) is 14.1. The van der Waals surface area contributed by atoms with Crippen molar-refractivity contribution in [3.63, 3.8) is 0 Å². The van der Waals surface area contributed by atoms with Gasteiger partial charge in [-0.2, -0.15) is 4.39 Å². The van der Waals surface area contributed by atoms with Crippen LogP contribution in [-0.4, -0.2) is 12.3 Å². The Labute approximate surface area is 96.3 Å². The standard InChI is InChI=1S/C9H5F6NO2/c1-3(17)16-5-2-4(10)8(7(12)6(5)11)18-9(13,14)15/h2H,1H3,(H,16,17). The number of amides is 1. The Bertz CT molecular complexity index is 485. The molecule has 100 valence electrons. The lowest BCUT2D eigenvalue weighted by molar-refractivity contribution is -0.276. The maximum Gasteiger partial charge on any atom is 0.573 e. The molecular weight excluding hydrogens is 268 g/mol. The van der Waals surface area contributed by atoms with Crippen LogP contribution < -0.4 is 10.1 Å². The van der Waals surface area contributed by atoms with Gasteiger partial charge in [0.25, 0.3) is 0 Å². The number of alkyl halides is 3. The Kier molecular flexibility index (Phi) is 3.73. The van der Waals surface area contributed by atoms with Crippen molar-refractivity contribution < 1.29 is 35.9 Å². The van der Waals surface area contributed by atoms with E-state index in [9.17, 15) is 31.1 Å². The van der Waals surface area contributed by atoms with Crippen molar-refractivity contribution >= 4 is 11.6 Å². The second-order valence-corrected chi connectivity index (χ2v) is 3.09. The molecule has 1 rings (SSSR count). The predicted molar refractivity (Wildman–Crippen MR) is 47.3 cm³/mol. The van der Waals surface area contributed by atoms with Crippen molar-refractivity contribution in [1.29, 1.82) is 0 Å². The van der Waals surface area contributed by atoms with E-state index in [1.165, 1.54) is 0 Å². The number of rotatable bonds is 2. The zero-order valence-corrected chi connectivity index (χ0v) is 8.66. The highest BCUT2D eigenvalue weighted by Crippen LogP contribution is 2.33. The lowest BCUT2D eigenvalue weighted by atomic mass is 10.2. The van der Waals surface area contributed by atoms with Gasteiger partial charge in [-0.3, -0.25) is 4.79 Å². The first-order valence-corrected chi connectivity index (χ1v) is 4.32. The van der Waals surface area contributed by atoms with E-state index in [-0.39, 0.29) is 6.07 Å². The van der Waals surface area contributed by atoms with Crippen molar-refractivity contribution in [3.8, 4) is 5.75 Å². The molecule has 0 bridgehead atoms. The zero-order valence-electron chi connectivity index (χ0n) is 8.66. The van der Waals surface area contributed by atoms with Gasteiger partial charge in [0.15, 0.2) is 11.6 Å². The number of anilines is 1. The minimum absolute atomic E-state index is 0.181. The van der Waals surface area contributed by atoms with Gasteiger partial charge in [-0.25, -0.2) is 8.78 Å². The number of nitrogens with one attached hydrogen (secondary N) is 1. The highest BCUT2D eigenvalue weighted by atomic mass is 19.4. The summed E-state index contributed by atoms with van der Waals surface area (Å²) in [6, 6.07) is 0.181. The van der Waals surface area contributed by atoms with E-state index >= 15 is 0 Å². The summed E-state index contributed by atoms with van der Waals surface area (Å²) < 4.78 is 77.8. The SMILES string of the molecule is CC(=O)Nc1cc(F)c(OC(F)(F)F)c(F)c1F. The third kappa shape index (κ3) is 3.28. The van der Waals surface area contributed by atoms with Crippen molar-refractivity contribution in [2.24, 2.45) is 0 Å². The lowest BCUT2D eigenvalue weighted by Gasteiger charge is -2.12. The molecule has 0 aliphatic rings. The average molecular weight is 273 g/mol. The zero-order chi connectivity index (χ0) is 14.1. The van der Waals surface area contributed by atoms with Crippen LogP contribution in [0.4, 0.5) is 32.0 Å². The van der Waals surface area contributed by atoms with Crippen molar-refractivity contribution in [2.45, 2.75) is 13.3 Å². The number of carbonyl (C=O) groups excluding carboxylic acids is 1. The molecular formula is C9H5F6NO2. The van der Waals surface area contributed by atoms with E-state index in [1.54, 1.807) is 5.32 Å². The first-order valence-electron chi connectivity index (χ1n) is 4.32. The van der Waals surface area contributed by atoms with E-state index in [0.29, 0.717) is 0 Å². The van der Waals surface area contributed by atoms with E-state index < -0.39 is 41.2 Å². The molecule has 1 N–H and O–H groups in total. The Morgan fingerprint density at radius 3 is 2.22 bits per heavy atom. The summed E-state index contributed by atoms with van der Waals surface area (Å²) in [7, 11) is 0. The number of hydrogen-bond acceptors (Lipinski definition) is 2. The van der Waals surface area contributed by atoms with Gasteiger partial charge in [0.05, 0.1) is 5.69 Å². The average Bonchev–Trinajstić information content (AvgIpc) is 2.19. The summed E-state index contributed by atoms with van der Waals surface area (Å²) in [5, 5.41) is 1.71.